The van der Waals surface area contributed by atoms with Crippen molar-refractivity contribution < 1.29 is 22.0 Å². The summed E-state index contributed by atoms with van der Waals surface area (Å²) >= 11 is 0. The van der Waals surface area contributed by atoms with Gasteiger partial charge in [0.2, 0.25) is 0 Å². The van der Waals surface area contributed by atoms with E-state index in [1.807, 2.05) is 0 Å². The van der Waals surface area contributed by atoms with E-state index >= 15 is 0 Å². The Morgan fingerprint density at radius 2 is 1.79 bits per heavy atom. The van der Waals surface area contributed by atoms with E-state index < -0.39 is 29.7 Å². The van der Waals surface area contributed by atoms with E-state index in [2.05, 4.69) is 20.6 Å². The fraction of sp³-hybridized carbons (Fsp3) is 0.214. The first-order valence-electron chi connectivity index (χ1n) is 6.77. The number of fused-ring (bicyclic) bond motifs is 1. The molecule has 0 aliphatic rings. The van der Waals surface area contributed by atoms with Gasteiger partial charge in [0.05, 0.1) is 6.04 Å². The van der Waals surface area contributed by atoms with E-state index in [9.17, 15) is 22.0 Å². The van der Waals surface area contributed by atoms with E-state index in [0.717, 1.165) is 12.1 Å². The minimum atomic E-state index is -4.70. The first kappa shape index (κ1) is 16.1. The summed E-state index contributed by atoms with van der Waals surface area (Å²) in [6.45, 7) is 1.63. The zero-order valence-corrected chi connectivity index (χ0v) is 12.1. The molecule has 0 spiro atoms. The van der Waals surface area contributed by atoms with Gasteiger partial charge in [-0.1, -0.05) is 6.07 Å². The minimum Gasteiger partial charge on any atom is -0.362 e. The van der Waals surface area contributed by atoms with Gasteiger partial charge in [-0.15, -0.1) is 15.3 Å². The van der Waals surface area contributed by atoms with Crippen LogP contribution >= 0.6 is 0 Å². The third-order valence-electron chi connectivity index (χ3n) is 3.32. The summed E-state index contributed by atoms with van der Waals surface area (Å²) in [5.41, 5.74) is 0.351. The van der Waals surface area contributed by atoms with E-state index in [0.29, 0.717) is 10.1 Å². The molecule has 2 aromatic heterocycles. The molecule has 2 heterocycles. The number of nitrogens with zero attached hydrogens (tertiary/aromatic N) is 4. The molecule has 0 saturated carbocycles. The van der Waals surface area contributed by atoms with Crippen molar-refractivity contribution in [2.45, 2.75) is 19.1 Å². The number of alkyl halides is 3. The molecular formula is C14H10F5N5. The molecule has 0 aliphatic heterocycles. The van der Waals surface area contributed by atoms with E-state index in [1.165, 1.54) is 18.2 Å². The molecule has 0 bridgehead atoms. The molecule has 0 fully saturated rings. The van der Waals surface area contributed by atoms with Gasteiger partial charge in [0.15, 0.2) is 17.3 Å². The maximum atomic E-state index is 13.3. The number of halogens is 5. The van der Waals surface area contributed by atoms with Crippen LogP contribution in [0.3, 0.4) is 0 Å². The second kappa shape index (κ2) is 5.69. The number of nitrogens with one attached hydrogen (secondary N) is 1. The van der Waals surface area contributed by atoms with Gasteiger partial charge in [0.25, 0.3) is 5.82 Å². The summed E-state index contributed by atoms with van der Waals surface area (Å²) in [5, 5.41) is 13.1. The van der Waals surface area contributed by atoms with Gasteiger partial charge in [0.1, 0.15) is 5.82 Å². The van der Waals surface area contributed by atoms with Gasteiger partial charge >= 0.3 is 6.18 Å². The average Bonchev–Trinajstić information content (AvgIpc) is 2.93. The maximum Gasteiger partial charge on any atom is 0.453 e. The molecule has 1 N–H and O–H groups in total. The van der Waals surface area contributed by atoms with Crippen molar-refractivity contribution >= 4 is 11.5 Å². The number of anilines is 1. The first-order chi connectivity index (χ1) is 11.3. The Balaban J connectivity index is 1.90. The Bertz CT molecular complexity index is 889. The van der Waals surface area contributed by atoms with Crippen LogP contribution in [0.4, 0.5) is 27.8 Å². The molecule has 126 valence electrons. The van der Waals surface area contributed by atoms with Crippen LogP contribution in [0.2, 0.25) is 0 Å². The molecule has 1 atom stereocenters. The van der Waals surface area contributed by atoms with Crippen molar-refractivity contribution in [3.63, 3.8) is 0 Å². The number of hydrogen-bond donors (Lipinski definition) is 1. The van der Waals surface area contributed by atoms with Crippen molar-refractivity contribution in [2.24, 2.45) is 0 Å². The molecule has 0 unspecified atom stereocenters. The second-order valence-corrected chi connectivity index (χ2v) is 5.05. The Morgan fingerprint density at radius 3 is 2.46 bits per heavy atom. The average molecular weight is 343 g/mol. The smallest absolute Gasteiger partial charge is 0.362 e. The zero-order chi connectivity index (χ0) is 17.5. The van der Waals surface area contributed by atoms with Gasteiger partial charge in [-0.25, -0.2) is 8.78 Å². The fourth-order valence-electron chi connectivity index (χ4n) is 2.13. The van der Waals surface area contributed by atoms with E-state index in [1.54, 1.807) is 6.92 Å². The number of hydrogen-bond acceptors (Lipinski definition) is 4. The lowest BCUT2D eigenvalue weighted by Gasteiger charge is -2.15. The van der Waals surface area contributed by atoms with Crippen molar-refractivity contribution in [3.05, 3.63) is 53.4 Å². The number of rotatable bonds is 3. The van der Waals surface area contributed by atoms with Crippen LogP contribution < -0.4 is 5.32 Å². The first-order valence-corrected chi connectivity index (χ1v) is 6.77. The van der Waals surface area contributed by atoms with Gasteiger partial charge < -0.3 is 5.32 Å². The standard InChI is InChI=1S/C14H10F5N5/c1-7(8-2-3-9(15)10(16)6-8)20-11-4-5-12-21-22-13(14(17,18)19)24(12)23-11/h2-7H,1H3,(H,20,23)/t7-/m1/s1. The van der Waals surface area contributed by atoms with Crippen LogP contribution in [-0.4, -0.2) is 19.8 Å². The molecule has 5 nitrogen and oxygen atoms in total. The Hall–Kier alpha value is -2.78. The molecular weight excluding hydrogens is 333 g/mol. The number of benzene rings is 1. The second-order valence-electron chi connectivity index (χ2n) is 5.05. The van der Waals surface area contributed by atoms with Gasteiger partial charge in [0, 0.05) is 0 Å². The summed E-state index contributed by atoms with van der Waals surface area (Å²) in [5.74, 6) is -3.14. The summed E-state index contributed by atoms with van der Waals surface area (Å²) < 4.78 is 65.3. The molecule has 0 radical (unpaired) electrons. The highest BCUT2D eigenvalue weighted by molar-refractivity contribution is 5.45. The SMILES string of the molecule is C[C@@H](Nc1ccc2nnc(C(F)(F)F)n2n1)c1ccc(F)c(F)c1. The molecule has 0 saturated heterocycles. The fourth-order valence-corrected chi connectivity index (χ4v) is 2.13. The normalized spacial score (nSPS) is 13.2. The molecule has 0 amide bonds. The summed E-state index contributed by atoms with van der Waals surface area (Å²) in [6, 6.07) is 5.56. The van der Waals surface area contributed by atoms with Gasteiger partial charge in [-0.05, 0) is 36.8 Å². The maximum absolute atomic E-state index is 13.3. The molecule has 10 heteroatoms. The van der Waals surface area contributed by atoms with Gasteiger partial charge in [-0.2, -0.15) is 17.7 Å². The van der Waals surface area contributed by atoms with Crippen molar-refractivity contribution in [3.8, 4) is 0 Å². The number of aromatic nitrogens is 4. The molecule has 3 rings (SSSR count). The summed E-state index contributed by atoms with van der Waals surface area (Å²) in [6.07, 6.45) is -4.70. The molecule has 3 aromatic rings. The lowest BCUT2D eigenvalue weighted by molar-refractivity contribution is -0.146. The van der Waals surface area contributed by atoms with E-state index in [4.69, 9.17) is 0 Å². The Morgan fingerprint density at radius 1 is 1.04 bits per heavy atom. The van der Waals surface area contributed by atoms with Crippen LogP contribution in [0.15, 0.2) is 30.3 Å². The monoisotopic (exact) mass is 343 g/mol. The topological polar surface area (TPSA) is 55.1 Å². The highest BCUT2D eigenvalue weighted by Gasteiger charge is 2.37. The van der Waals surface area contributed by atoms with Crippen LogP contribution in [0.1, 0.15) is 24.4 Å². The van der Waals surface area contributed by atoms with Crippen LogP contribution in [0, 0.1) is 11.6 Å². The Kier molecular flexibility index (Phi) is 3.82. The molecule has 0 aliphatic carbocycles. The van der Waals surface area contributed by atoms with Crippen molar-refractivity contribution in [1.29, 1.82) is 0 Å². The zero-order valence-electron chi connectivity index (χ0n) is 12.1. The third-order valence-corrected chi connectivity index (χ3v) is 3.32. The third kappa shape index (κ3) is 2.99. The summed E-state index contributed by atoms with van der Waals surface area (Å²) in [4.78, 5) is 0. The molecule has 24 heavy (non-hydrogen) atoms. The van der Waals surface area contributed by atoms with Crippen LogP contribution in [0.25, 0.3) is 5.65 Å². The van der Waals surface area contributed by atoms with E-state index in [-0.39, 0.29) is 11.5 Å². The lowest BCUT2D eigenvalue weighted by atomic mass is 10.1. The van der Waals surface area contributed by atoms with Crippen molar-refractivity contribution in [2.75, 3.05) is 5.32 Å². The minimum absolute atomic E-state index is 0.0617. The quantitative estimate of drug-likeness (QED) is 0.739. The predicted molar refractivity (Wildman–Crippen MR) is 74.2 cm³/mol. The van der Waals surface area contributed by atoms with Gasteiger partial charge in [-0.3, -0.25) is 0 Å². The highest BCUT2D eigenvalue weighted by atomic mass is 19.4. The Labute approximate surface area is 132 Å². The molecule has 1 aromatic carbocycles. The highest BCUT2D eigenvalue weighted by Crippen LogP contribution is 2.28. The van der Waals surface area contributed by atoms with Crippen LogP contribution in [0.5, 0.6) is 0 Å². The van der Waals surface area contributed by atoms with Crippen molar-refractivity contribution in [1.82, 2.24) is 19.8 Å². The largest absolute Gasteiger partial charge is 0.453 e. The lowest BCUT2D eigenvalue weighted by Crippen LogP contribution is -2.14. The predicted octanol–water partition coefficient (Wildman–Crippen LogP) is 3.59. The summed E-state index contributed by atoms with van der Waals surface area (Å²) in [7, 11) is 0. The van der Waals surface area contributed by atoms with Crippen LogP contribution in [-0.2, 0) is 6.18 Å².